The third kappa shape index (κ3) is 4.71. The van der Waals surface area contributed by atoms with Crippen LogP contribution in [0.15, 0.2) is 24.4 Å². The summed E-state index contributed by atoms with van der Waals surface area (Å²) in [5, 5.41) is 9.56. The Balaban J connectivity index is 1.99. The Kier molecular flexibility index (Phi) is 6.01. The minimum atomic E-state index is -1.09. The minimum absolute atomic E-state index is 0.00321. The van der Waals surface area contributed by atoms with Crippen molar-refractivity contribution in [3.05, 3.63) is 45.8 Å². The molecule has 1 unspecified atom stereocenters. The van der Waals surface area contributed by atoms with Crippen LogP contribution in [0.4, 0.5) is 0 Å². The fourth-order valence-corrected chi connectivity index (χ4v) is 3.61. The first-order chi connectivity index (χ1) is 14.0. The van der Waals surface area contributed by atoms with Crippen molar-refractivity contribution < 1.29 is 24.2 Å². The number of carboxylic acids is 1. The summed E-state index contributed by atoms with van der Waals surface area (Å²) in [6, 6.07) is 4.07. The van der Waals surface area contributed by atoms with Crippen LogP contribution in [-0.2, 0) is 14.3 Å². The normalized spacial score (nSPS) is 15.8. The minimum Gasteiger partial charge on any atom is -0.481 e. The third-order valence-corrected chi connectivity index (χ3v) is 4.81. The number of halogens is 2. The van der Waals surface area contributed by atoms with E-state index in [1.165, 1.54) is 11.1 Å². The smallest absolute Gasteiger partial charge is 0.326 e. The number of carboxylic acid groups (broad SMARTS) is 1. The van der Waals surface area contributed by atoms with E-state index < -0.39 is 29.5 Å². The van der Waals surface area contributed by atoms with Gasteiger partial charge in [0.2, 0.25) is 5.28 Å². The van der Waals surface area contributed by atoms with Gasteiger partial charge in [-0.25, -0.2) is 9.97 Å². The number of hydrogen-bond acceptors (Lipinski definition) is 6. The van der Waals surface area contributed by atoms with Crippen molar-refractivity contribution in [2.75, 3.05) is 6.54 Å². The molecule has 30 heavy (non-hydrogen) atoms. The molecule has 1 aliphatic rings. The predicted molar refractivity (Wildman–Crippen MR) is 109 cm³/mol. The van der Waals surface area contributed by atoms with Gasteiger partial charge in [0.15, 0.2) is 0 Å². The zero-order valence-electron chi connectivity index (χ0n) is 16.5. The van der Waals surface area contributed by atoms with Gasteiger partial charge in [0, 0.05) is 11.1 Å². The van der Waals surface area contributed by atoms with Crippen LogP contribution in [0.5, 0.6) is 0 Å². The molecular weight excluding hydrogens is 433 g/mol. The lowest BCUT2D eigenvalue weighted by molar-refractivity contribution is -0.156. The predicted octanol–water partition coefficient (Wildman–Crippen LogP) is 3.76. The van der Waals surface area contributed by atoms with Crippen molar-refractivity contribution in [1.82, 2.24) is 14.9 Å². The maximum Gasteiger partial charge on any atom is 0.326 e. The first kappa shape index (κ1) is 22.0. The highest BCUT2D eigenvalue weighted by Gasteiger charge is 2.39. The number of hydrogen-bond donors (Lipinski definition) is 1. The van der Waals surface area contributed by atoms with Gasteiger partial charge in [0.05, 0.1) is 29.4 Å². The van der Waals surface area contributed by atoms with Gasteiger partial charge in [-0.3, -0.25) is 14.4 Å². The number of aromatic nitrogens is 2. The van der Waals surface area contributed by atoms with Gasteiger partial charge in [0.1, 0.15) is 12.1 Å². The number of carbonyl (C=O) groups is 3. The Morgan fingerprint density at radius 3 is 2.60 bits per heavy atom. The Bertz CT molecular complexity index is 1040. The molecule has 0 saturated heterocycles. The van der Waals surface area contributed by atoms with Gasteiger partial charge in [-0.15, -0.1) is 0 Å². The molecule has 2 aromatic rings. The zero-order chi connectivity index (χ0) is 22.2. The number of benzene rings is 1. The summed E-state index contributed by atoms with van der Waals surface area (Å²) in [6.07, 6.45) is 1.00. The van der Waals surface area contributed by atoms with Crippen LogP contribution in [0, 0.1) is 0 Å². The number of ether oxygens (including phenoxy) is 1. The van der Waals surface area contributed by atoms with Crippen molar-refractivity contribution in [3.8, 4) is 11.3 Å². The number of amides is 1. The van der Waals surface area contributed by atoms with Crippen molar-refractivity contribution in [2.45, 2.75) is 38.8 Å². The summed E-state index contributed by atoms with van der Waals surface area (Å²) in [5.74, 6) is -2.19. The molecule has 0 bridgehead atoms. The Morgan fingerprint density at radius 2 is 1.97 bits per heavy atom. The van der Waals surface area contributed by atoms with E-state index in [1.54, 1.807) is 39.0 Å². The topological polar surface area (TPSA) is 110 Å². The van der Waals surface area contributed by atoms with Crippen LogP contribution >= 0.6 is 23.2 Å². The second-order valence-electron chi connectivity index (χ2n) is 7.77. The maximum atomic E-state index is 13.1. The maximum absolute atomic E-state index is 13.1. The van der Waals surface area contributed by atoms with Gasteiger partial charge in [-0.05, 0) is 44.0 Å². The molecular formula is C20H19Cl2N3O5. The van der Waals surface area contributed by atoms with Crippen LogP contribution < -0.4 is 0 Å². The Labute approximate surface area is 182 Å². The SMILES string of the molecule is CC(C)(C)OC(=O)CN1C(=O)c2cc(-c3nc(Cl)ncc3Cl)ccc2C1CC(=O)O. The molecule has 8 nitrogen and oxygen atoms in total. The highest BCUT2D eigenvalue weighted by Crippen LogP contribution is 2.39. The van der Waals surface area contributed by atoms with E-state index in [4.69, 9.17) is 27.9 Å². The molecule has 1 atom stereocenters. The molecule has 0 aliphatic carbocycles. The fraction of sp³-hybridized carbons (Fsp3) is 0.350. The molecule has 0 spiro atoms. The van der Waals surface area contributed by atoms with E-state index >= 15 is 0 Å². The Morgan fingerprint density at radius 1 is 1.27 bits per heavy atom. The third-order valence-electron chi connectivity index (χ3n) is 4.36. The number of rotatable bonds is 5. The number of esters is 1. The molecule has 1 aromatic carbocycles. The lowest BCUT2D eigenvalue weighted by Crippen LogP contribution is -2.37. The van der Waals surface area contributed by atoms with Crippen molar-refractivity contribution >= 4 is 41.0 Å². The summed E-state index contributed by atoms with van der Waals surface area (Å²) >= 11 is 12.0. The molecule has 0 saturated carbocycles. The molecule has 0 fully saturated rings. The quantitative estimate of drug-likeness (QED) is 0.543. The largest absolute Gasteiger partial charge is 0.481 e. The second kappa shape index (κ2) is 8.20. The molecule has 0 radical (unpaired) electrons. The summed E-state index contributed by atoms with van der Waals surface area (Å²) < 4.78 is 5.29. The van der Waals surface area contributed by atoms with Gasteiger partial charge >= 0.3 is 11.9 Å². The van der Waals surface area contributed by atoms with Crippen molar-refractivity contribution in [3.63, 3.8) is 0 Å². The molecule has 1 N–H and O–H groups in total. The molecule has 10 heteroatoms. The number of fused-ring (bicyclic) bond motifs is 1. The molecule has 3 rings (SSSR count). The van der Waals surface area contributed by atoms with Crippen LogP contribution in [-0.4, -0.2) is 50.0 Å². The Hall–Kier alpha value is -2.71. The van der Waals surface area contributed by atoms with E-state index in [9.17, 15) is 19.5 Å². The molecule has 1 aromatic heterocycles. The van der Waals surface area contributed by atoms with Crippen LogP contribution in [0.1, 0.15) is 49.2 Å². The van der Waals surface area contributed by atoms with E-state index in [0.29, 0.717) is 16.8 Å². The van der Waals surface area contributed by atoms with Gasteiger partial charge in [-0.1, -0.05) is 23.7 Å². The highest BCUT2D eigenvalue weighted by atomic mass is 35.5. The molecule has 158 valence electrons. The van der Waals surface area contributed by atoms with Gasteiger partial charge in [0.25, 0.3) is 5.91 Å². The van der Waals surface area contributed by atoms with E-state index in [-0.39, 0.29) is 28.8 Å². The molecule has 2 heterocycles. The molecule has 1 aliphatic heterocycles. The van der Waals surface area contributed by atoms with E-state index in [1.807, 2.05) is 0 Å². The van der Waals surface area contributed by atoms with Crippen LogP contribution in [0.3, 0.4) is 0 Å². The summed E-state index contributed by atoms with van der Waals surface area (Å²) in [5.41, 5.74) is 0.905. The number of carbonyl (C=O) groups excluding carboxylic acids is 2. The summed E-state index contributed by atoms with van der Waals surface area (Å²) in [4.78, 5) is 45.9. The lowest BCUT2D eigenvalue weighted by Gasteiger charge is -2.26. The average molecular weight is 452 g/mol. The van der Waals surface area contributed by atoms with E-state index in [2.05, 4.69) is 9.97 Å². The first-order valence-electron chi connectivity index (χ1n) is 9.03. The summed E-state index contributed by atoms with van der Waals surface area (Å²) in [6.45, 7) is 4.77. The average Bonchev–Trinajstić information content (AvgIpc) is 2.87. The van der Waals surface area contributed by atoms with Gasteiger partial charge in [-0.2, -0.15) is 0 Å². The van der Waals surface area contributed by atoms with Crippen molar-refractivity contribution in [2.24, 2.45) is 0 Å². The van der Waals surface area contributed by atoms with Crippen LogP contribution in [0.2, 0.25) is 10.3 Å². The first-order valence-corrected chi connectivity index (χ1v) is 9.79. The summed E-state index contributed by atoms with van der Waals surface area (Å²) in [7, 11) is 0. The molecule has 1 amide bonds. The van der Waals surface area contributed by atoms with Crippen molar-refractivity contribution in [1.29, 1.82) is 0 Å². The standard InChI is InChI=1S/C20H19Cl2N3O5/c1-20(2,3)30-16(28)9-25-14(7-15(26)27)11-5-4-10(6-12(11)18(25)29)17-13(21)8-23-19(22)24-17/h4-6,8,14H,7,9H2,1-3H3,(H,26,27). The zero-order valence-corrected chi connectivity index (χ0v) is 18.0. The van der Waals surface area contributed by atoms with E-state index in [0.717, 1.165) is 0 Å². The second-order valence-corrected chi connectivity index (χ2v) is 8.52. The van der Waals surface area contributed by atoms with Gasteiger partial charge < -0.3 is 14.7 Å². The number of aliphatic carboxylic acids is 1. The fourth-order valence-electron chi connectivity index (χ4n) is 3.27. The number of nitrogens with zero attached hydrogens (tertiary/aromatic N) is 3. The highest BCUT2D eigenvalue weighted by molar-refractivity contribution is 6.33. The monoisotopic (exact) mass is 451 g/mol. The lowest BCUT2D eigenvalue weighted by atomic mass is 9.98. The van der Waals surface area contributed by atoms with Crippen LogP contribution in [0.25, 0.3) is 11.3 Å².